The average Bonchev–Trinajstić information content (AvgIpc) is 3.04. The Labute approximate surface area is 236 Å². The number of carbonyl (C=O) groups is 1. The first-order valence-electron chi connectivity index (χ1n) is 14.5. The molecule has 4 aliphatic carbocycles. The molecule has 214 valence electrons. The summed E-state index contributed by atoms with van der Waals surface area (Å²) < 4.78 is 5.61. The predicted octanol–water partition coefficient (Wildman–Crippen LogP) is 5.83. The van der Waals surface area contributed by atoms with E-state index >= 15 is 0 Å². The van der Waals surface area contributed by atoms with Crippen LogP contribution in [0.15, 0.2) is 24.3 Å². The van der Waals surface area contributed by atoms with Crippen molar-refractivity contribution in [3.63, 3.8) is 0 Å². The Morgan fingerprint density at radius 1 is 1.18 bits per heavy atom. The second-order valence-electron chi connectivity index (χ2n) is 13.4. The van der Waals surface area contributed by atoms with Crippen LogP contribution < -0.4 is 10.6 Å². The van der Waals surface area contributed by atoms with Crippen LogP contribution in [0.3, 0.4) is 0 Å². The highest BCUT2D eigenvalue weighted by Crippen LogP contribution is 2.75. The van der Waals surface area contributed by atoms with Crippen LogP contribution in [-0.2, 0) is 9.53 Å². The number of aliphatic hydroxyl groups excluding tert-OH is 1. The molecule has 2 bridgehead atoms. The number of aliphatic hydroxyl groups is 1. The Morgan fingerprint density at radius 3 is 2.62 bits per heavy atom. The molecule has 8 atom stereocenters. The third kappa shape index (κ3) is 4.35. The van der Waals surface area contributed by atoms with Crippen molar-refractivity contribution >= 4 is 34.7 Å². The summed E-state index contributed by atoms with van der Waals surface area (Å²) in [6.45, 7) is 9.26. The molecule has 0 aliphatic heterocycles. The average molecular weight is 558 g/mol. The Bertz CT molecular complexity index is 1160. The lowest BCUT2D eigenvalue weighted by molar-refractivity contribution is -0.384. The number of hydrogen-bond donors (Lipinski definition) is 3. The van der Waals surface area contributed by atoms with Gasteiger partial charge in [-0.15, -0.1) is 0 Å². The maximum atomic E-state index is 13.3. The molecule has 0 saturated heterocycles. The summed E-state index contributed by atoms with van der Waals surface area (Å²) in [6, 6.07) is 6.33. The zero-order chi connectivity index (χ0) is 28.2. The van der Waals surface area contributed by atoms with Crippen molar-refractivity contribution < 1.29 is 19.6 Å². The minimum Gasteiger partial charge on any atom is -0.466 e. The van der Waals surface area contributed by atoms with E-state index in [2.05, 4.69) is 31.4 Å². The fraction of sp³-hybridized carbons (Fsp3) is 0.733. The Balaban J connectivity index is 1.41. The highest BCUT2D eigenvalue weighted by Gasteiger charge is 2.71. The van der Waals surface area contributed by atoms with E-state index < -0.39 is 10.3 Å². The van der Waals surface area contributed by atoms with Gasteiger partial charge in [0.25, 0.3) is 5.69 Å². The molecule has 4 aliphatic rings. The first-order chi connectivity index (χ1) is 18.4. The van der Waals surface area contributed by atoms with Gasteiger partial charge in [0, 0.05) is 36.4 Å². The number of hydrogen-bond acceptors (Lipinski definition) is 6. The van der Waals surface area contributed by atoms with Gasteiger partial charge in [-0.05, 0) is 105 Å². The summed E-state index contributed by atoms with van der Waals surface area (Å²) in [5.74, 6) is 0.696. The van der Waals surface area contributed by atoms with Crippen LogP contribution in [0, 0.1) is 49.5 Å². The molecule has 1 aromatic carbocycles. The molecule has 0 amide bonds. The van der Waals surface area contributed by atoms with Crippen LogP contribution >= 0.6 is 12.2 Å². The molecule has 1 aromatic rings. The van der Waals surface area contributed by atoms with Gasteiger partial charge in [0.2, 0.25) is 0 Å². The monoisotopic (exact) mass is 557 g/mol. The van der Waals surface area contributed by atoms with E-state index in [1.807, 2.05) is 6.92 Å². The highest BCUT2D eigenvalue weighted by atomic mass is 32.1. The molecule has 0 radical (unpaired) electrons. The molecule has 0 heterocycles. The van der Waals surface area contributed by atoms with Crippen LogP contribution in [-0.4, -0.2) is 40.4 Å². The number of non-ortho nitro benzene ring substituents is 1. The summed E-state index contributed by atoms with van der Waals surface area (Å²) in [6.07, 6.45) is 8.14. The van der Waals surface area contributed by atoms with E-state index in [9.17, 15) is 20.0 Å². The zero-order valence-corrected chi connectivity index (χ0v) is 24.4. The fourth-order valence-electron chi connectivity index (χ4n) is 10.1. The van der Waals surface area contributed by atoms with Gasteiger partial charge in [-0.25, -0.2) is 0 Å². The maximum absolute atomic E-state index is 13.3. The van der Waals surface area contributed by atoms with Crippen molar-refractivity contribution in [2.24, 2.45) is 39.4 Å². The summed E-state index contributed by atoms with van der Waals surface area (Å²) in [5, 5.41) is 29.3. The minimum atomic E-state index is -0.458. The number of thiocarbonyl (C=S) groups is 1. The highest BCUT2D eigenvalue weighted by molar-refractivity contribution is 7.80. The topological polar surface area (TPSA) is 114 Å². The van der Waals surface area contributed by atoms with E-state index in [0.29, 0.717) is 23.3 Å². The van der Waals surface area contributed by atoms with Crippen LogP contribution in [0.5, 0.6) is 0 Å². The van der Waals surface area contributed by atoms with E-state index in [0.717, 1.165) is 51.4 Å². The van der Waals surface area contributed by atoms with Crippen molar-refractivity contribution in [3.05, 3.63) is 34.4 Å². The lowest BCUT2D eigenvalue weighted by Gasteiger charge is -2.65. The van der Waals surface area contributed by atoms with Crippen molar-refractivity contribution in [2.45, 2.75) is 85.1 Å². The summed E-state index contributed by atoms with van der Waals surface area (Å²) >= 11 is 5.71. The molecular weight excluding hydrogens is 514 g/mol. The van der Waals surface area contributed by atoms with Crippen LogP contribution in [0.4, 0.5) is 11.4 Å². The van der Waals surface area contributed by atoms with Gasteiger partial charge in [0.15, 0.2) is 5.11 Å². The predicted molar refractivity (Wildman–Crippen MR) is 154 cm³/mol. The fourth-order valence-corrected chi connectivity index (χ4v) is 10.4. The van der Waals surface area contributed by atoms with E-state index in [4.69, 9.17) is 17.0 Å². The quantitative estimate of drug-likeness (QED) is 0.173. The SMILES string of the molecule is CCOC(=O)[C@]1(C)CCC[C@@]2(C)[C@@H]3CC[C@@]4(C)C[C@]3(CC[C@@H]21)[C@H](CO)[C@H]4NC(=S)Nc1cccc([N+](=O)[O-])c1. The van der Waals surface area contributed by atoms with Gasteiger partial charge in [0.1, 0.15) is 0 Å². The smallest absolute Gasteiger partial charge is 0.312 e. The molecule has 1 spiro atoms. The molecule has 9 heteroatoms. The molecule has 5 rings (SSSR count). The number of ether oxygens (including phenoxy) is 1. The Kier molecular flexibility index (Phi) is 7.24. The summed E-state index contributed by atoms with van der Waals surface area (Å²) in [5.41, 5.74) is 0.0923. The van der Waals surface area contributed by atoms with Crippen molar-refractivity contribution in [2.75, 3.05) is 18.5 Å². The molecule has 8 nitrogen and oxygen atoms in total. The number of rotatable bonds is 6. The molecule has 0 aromatic heterocycles. The summed E-state index contributed by atoms with van der Waals surface area (Å²) in [4.78, 5) is 24.1. The maximum Gasteiger partial charge on any atom is 0.312 e. The molecule has 3 N–H and O–H groups in total. The van der Waals surface area contributed by atoms with Gasteiger partial charge in [0.05, 0.1) is 16.9 Å². The van der Waals surface area contributed by atoms with Crippen molar-refractivity contribution in [1.29, 1.82) is 0 Å². The number of benzene rings is 1. The van der Waals surface area contributed by atoms with Crippen LogP contribution in [0.25, 0.3) is 0 Å². The standard InChI is InChI=1S/C30H43N3O5S/c1-5-38-25(35)29(4)13-7-12-28(3)22(29)11-15-30-18-27(2,14-10-23(28)30)24(21(30)17-34)32-26(39)31-19-8-6-9-20(16-19)33(36)37/h6,8-9,16,21-24,34H,5,7,10-15,17-18H2,1-4H3,(H2,31,32,39)/t21-,22+,23+,24-,27+,28-,29-,30-/m1/s1. The summed E-state index contributed by atoms with van der Waals surface area (Å²) in [7, 11) is 0. The third-order valence-electron chi connectivity index (χ3n) is 11.5. The van der Waals surface area contributed by atoms with E-state index in [1.165, 1.54) is 12.1 Å². The second-order valence-corrected chi connectivity index (χ2v) is 13.8. The molecule has 0 unspecified atom stereocenters. The normalized spacial score (nSPS) is 40.6. The Hall–Kier alpha value is -2.26. The zero-order valence-electron chi connectivity index (χ0n) is 23.6. The molecule has 4 fully saturated rings. The lowest BCUT2D eigenvalue weighted by Crippen LogP contribution is -2.60. The molecule has 4 saturated carbocycles. The van der Waals surface area contributed by atoms with E-state index in [-0.39, 0.29) is 52.4 Å². The number of nitro groups is 1. The minimum absolute atomic E-state index is 0.00798. The Morgan fingerprint density at radius 2 is 1.92 bits per heavy atom. The van der Waals surface area contributed by atoms with Gasteiger partial charge in [-0.3, -0.25) is 14.9 Å². The van der Waals surface area contributed by atoms with E-state index in [1.54, 1.807) is 12.1 Å². The van der Waals surface area contributed by atoms with Crippen LogP contribution in [0.2, 0.25) is 0 Å². The van der Waals surface area contributed by atoms with Gasteiger partial charge < -0.3 is 20.5 Å². The number of carbonyl (C=O) groups excluding carboxylic acids is 1. The van der Waals surface area contributed by atoms with Crippen molar-refractivity contribution in [3.8, 4) is 0 Å². The molecule has 39 heavy (non-hydrogen) atoms. The number of esters is 1. The molecular formula is C30H43N3O5S. The lowest BCUT2D eigenvalue weighted by atomic mass is 9.39. The number of nitrogens with one attached hydrogen (secondary N) is 2. The van der Waals surface area contributed by atoms with Gasteiger partial charge in [-0.1, -0.05) is 26.3 Å². The first-order valence-corrected chi connectivity index (χ1v) is 14.9. The number of anilines is 1. The number of nitrogens with zero attached hydrogens (tertiary/aromatic N) is 1. The number of nitro benzene ring substituents is 1. The first kappa shape index (κ1) is 28.3. The van der Waals surface area contributed by atoms with Crippen molar-refractivity contribution in [1.82, 2.24) is 5.32 Å². The van der Waals surface area contributed by atoms with Gasteiger partial charge >= 0.3 is 5.97 Å². The second kappa shape index (κ2) is 9.98. The number of fused-ring (bicyclic) bond motifs is 3. The van der Waals surface area contributed by atoms with Crippen LogP contribution in [0.1, 0.15) is 79.1 Å². The largest absolute Gasteiger partial charge is 0.466 e. The van der Waals surface area contributed by atoms with Gasteiger partial charge in [-0.2, -0.15) is 0 Å². The third-order valence-corrected chi connectivity index (χ3v) is 11.8.